The first kappa shape index (κ1) is 14.3. The summed E-state index contributed by atoms with van der Waals surface area (Å²) in [6.07, 6.45) is 6.29. The number of rotatable bonds is 3. The first-order valence-electron chi connectivity index (χ1n) is 7.62. The highest BCUT2D eigenvalue weighted by Crippen LogP contribution is 2.42. The molecule has 0 aromatic rings. The van der Waals surface area contributed by atoms with E-state index in [2.05, 4.69) is 25.8 Å². The van der Waals surface area contributed by atoms with E-state index in [1.807, 2.05) is 0 Å². The Morgan fingerprint density at radius 1 is 1.22 bits per heavy atom. The predicted octanol–water partition coefficient (Wildman–Crippen LogP) is 2.25. The molecule has 1 saturated heterocycles. The monoisotopic (exact) mass is 254 g/mol. The van der Waals surface area contributed by atoms with Crippen molar-refractivity contribution >= 4 is 0 Å². The van der Waals surface area contributed by atoms with E-state index < -0.39 is 0 Å². The standard InChI is InChI=1S/C15H30N2O/c1-12-5-4-8-15(11-16,13(12)2)17(3)14-6-9-18-10-7-14/h12-14H,4-11,16H2,1-3H3. The molecule has 1 heterocycles. The Labute approximate surface area is 112 Å². The van der Waals surface area contributed by atoms with Crippen LogP contribution < -0.4 is 5.73 Å². The molecule has 0 radical (unpaired) electrons. The van der Waals surface area contributed by atoms with Crippen LogP contribution in [0, 0.1) is 11.8 Å². The van der Waals surface area contributed by atoms with Gasteiger partial charge >= 0.3 is 0 Å². The van der Waals surface area contributed by atoms with Gasteiger partial charge in [-0.25, -0.2) is 0 Å². The van der Waals surface area contributed by atoms with Gasteiger partial charge in [-0.3, -0.25) is 4.90 Å². The minimum absolute atomic E-state index is 0.222. The molecule has 3 unspecified atom stereocenters. The Balaban J connectivity index is 2.14. The van der Waals surface area contributed by atoms with Gasteiger partial charge in [0.05, 0.1) is 0 Å². The number of nitrogens with two attached hydrogens (primary N) is 1. The molecule has 1 saturated carbocycles. The van der Waals surface area contributed by atoms with Crippen LogP contribution in [0.5, 0.6) is 0 Å². The second kappa shape index (κ2) is 5.89. The first-order chi connectivity index (χ1) is 8.62. The lowest BCUT2D eigenvalue weighted by molar-refractivity contribution is -0.0518. The Morgan fingerprint density at radius 3 is 2.50 bits per heavy atom. The molecule has 18 heavy (non-hydrogen) atoms. The zero-order chi connectivity index (χ0) is 13.2. The number of hydrogen-bond acceptors (Lipinski definition) is 3. The third kappa shape index (κ3) is 2.45. The Bertz CT molecular complexity index is 265. The lowest BCUT2D eigenvalue weighted by Gasteiger charge is -2.54. The van der Waals surface area contributed by atoms with E-state index in [0.29, 0.717) is 12.0 Å². The quantitative estimate of drug-likeness (QED) is 0.839. The number of hydrogen-bond donors (Lipinski definition) is 1. The Hall–Kier alpha value is -0.120. The van der Waals surface area contributed by atoms with Crippen LogP contribution in [0.3, 0.4) is 0 Å². The number of nitrogens with zero attached hydrogens (tertiary/aromatic N) is 1. The summed E-state index contributed by atoms with van der Waals surface area (Å²) in [5.41, 5.74) is 6.45. The topological polar surface area (TPSA) is 38.5 Å². The lowest BCUT2D eigenvalue weighted by Crippen LogP contribution is -2.62. The van der Waals surface area contributed by atoms with Gasteiger partial charge in [0, 0.05) is 31.3 Å². The van der Waals surface area contributed by atoms with Gasteiger partial charge in [0.15, 0.2) is 0 Å². The van der Waals surface area contributed by atoms with Gasteiger partial charge in [0.25, 0.3) is 0 Å². The molecule has 2 aliphatic rings. The molecule has 0 spiro atoms. The van der Waals surface area contributed by atoms with E-state index in [0.717, 1.165) is 25.7 Å². The van der Waals surface area contributed by atoms with Gasteiger partial charge in [0.1, 0.15) is 0 Å². The highest BCUT2D eigenvalue weighted by molar-refractivity contribution is 5.01. The largest absolute Gasteiger partial charge is 0.381 e. The summed E-state index contributed by atoms with van der Waals surface area (Å²) in [5.74, 6) is 1.49. The molecular weight excluding hydrogens is 224 g/mol. The van der Waals surface area contributed by atoms with Crippen molar-refractivity contribution in [3.63, 3.8) is 0 Å². The average molecular weight is 254 g/mol. The highest BCUT2D eigenvalue weighted by atomic mass is 16.5. The van der Waals surface area contributed by atoms with Crippen molar-refractivity contribution in [2.75, 3.05) is 26.8 Å². The summed E-state index contributed by atoms with van der Waals surface area (Å²) in [5, 5.41) is 0. The molecule has 106 valence electrons. The van der Waals surface area contributed by atoms with E-state index >= 15 is 0 Å². The van der Waals surface area contributed by atoms with Crippen molar-refractivity contribution in [2.24, 2.45) is 17.6 Å². The average Bonchev–Trinajstić information content (AvgIpc) is 2.42. The third-order valence-electron chi connectivity index (χ3n) is 5.76. The molecule has 2 fully saturated rings. The number of likely N-dealkylation sites (N-methyl/N-ethyl adjacent to an activating group) is 1. The van der Waals surface area contributed by atoms with Gasteiger partial charge in [-0.15, -0.1) is 0 Å². The molecule has 0 bridgehead atoms. The lowest BCUT2D eigenvalue weighted by atomic mass is 9.67. The molecule has 0 amide bonds. The fraction of sp³-hybridized carbons (Fsp3) is 1.00. The normalized spacial score (nSPS) is 39.2. The molecule has 0 aromatic carbocycles. The van der Waals surface area contributed by atoms with Gasteiger partial charge in [-0.2, -0.15) is 0 Å². The second-order valence-electron chi connectivity index (χ2n) is 6.42. The molecule has 3 heteroatoms. The maximum absolute atomic E-state index is 6.23. The number of ether oxygens (including phenoxy) is 1. The van der Waals surface area contributed by atoms with Gasteiger partial charge in [0.2, 0.25) is 0 Å². The SMILES string of the molecule is CC1CCCC(CN)(N(C)C2CCOCC2)C1C. The van der Waals surface area contributed by atoms with Crippen LogP contribution in [0.1, 0.15) is 46.0 Å². The summed E-state index contributed by atoms with van der Waals surface area (Å²) < 4.78 is 5.49. The van der Waals surface area contributed by atoms with Crippen LogP contribution >= 0.6 is 0 Å². The fourth-order valence-corrected chi connectivity index (χ4v) is 4.10. The van der Waals surface area contributed by atoms with Crippen molar-refractivity contribution in [1.29, 1.82) is 0 Å². The minimum Gasteiger partial charge on any atom is -0.381 e. The van der Waals surface area contributed by atoms with Crippen LogP contribution in [0.25, 0.3) is 0 Å². The van der Waals surface area contributed by atoms with Crippen molar-refractivity contribution in [1.82, 2.24) is 4.90 Å². The van der Waals surface area contributed by atoms with Crippen LogP contribution in [0.15, 0.2) is 0 Å². The Morgan fingerprint density at radius 2 is 1.89 bits per heavy atom. The maximum Gasteiger partial charge on any atom is 0.0480 e. The van der Waals surface area contributed by atoms with Crippen molar-refractivity contribution in [3.8, 4) is 0 Å². The molecule has 1 aliphatic heterocycles. The van der Waals surface area contributed by atoms with Gasteiger partial charge in [-0.05, 0) is 38.1 Å². The van der Waals surface area contributed by atoms with Crippen LogP contribution in [-0.4, -0.2) is 43.3 Å². The molecule has 2 N–H and O–H groups in total. The van der Waals surface area contributed by atoms with Crippen molar-refractivity contribution in [2.45, 2.75) is 57.5 Å². The summed E-state index contributed by atoms with van der Waals surface area (Å²) in [6, 6.07) is 0.662. The Kier molecular flexibility index (Phi) is 4.68. The van der Waals surface area contributed by atoms with E-state index in [4.69, 9.17) is 10.5 Å². The van der Waals surface area contributed by atoms with E-state index in [1.54, 1.807) is 0 Å². The zero-order valence-electron chi connectivity index (χ0n) is 12.3. The molecular formula is C15H30N2O. The summed E-state index contributed by atoms with van der Waals surface area (Å²) >= 11 is 0. The van der Waals surface area contributed by atoms with Crippen molar-refractivity contribution in [3.05, 3.63) is 0 Å². The highest BCUT2D eigenvalue weighted by Gasteiger charge is 2.45. The molecule has 0 aromatic heterocycles. The second-order valence-corrected chi connectivity index (χ2v) is 6.42. The van der Waals surface area contributed by atoms with E-state index in [1.165, 1.54) is 32.1 Å². The minimum atomic E-state index is 0.222. The summed E-state index contributed by atoms with van der Waals surface area (Å²) in [6.45, 7) is 7.43. The fourth-order valence-electron chi connectivity index (χ4n) is 4.10. The third-order valence-corrected chi connectivity index (χ3v) is 5.76. The summed E-state index contributed by atoms with van der Waals surface area (Å²) in [7, 11) is 2.30. The zero-order valence-corrected chi connectivity index (χ0v) is 12.3. The van der Waals surface area contributed by atoms with Gasteiger partial charge in [-0.1, -0.05) is 26.7 Å². The first-order valence-corrected chi connectivity index (χ1v) is 7.62. The van der Waals surface area contributed by atoms with Crippen LogP contribution in [-0.2, 0) is 4.74 Å². The molecule has 2 rings (SSSR count). The smallest absolute Gasteiger partial charge is 0.0480 e. The molecule has 1 aliphatic carbocycles. The van der Waals surface area contributed by atoms with E-state index in [9.17, 15) is 0 Å². The van der Waals surface area contributed by atoms with Crippen LogP contribution in [0.4, 0.5) is 0 Å². The molecule has 3 atom stereocenters. The van der Waals surface area contributed by atoms with Gasteiger partial charge < -0.3 is 10.5 Å². The predicted molar refractivity (Wildman–Crippen MR) is 75.6 cm³/mol. The summed E-state index contributed by atoms with van der Waals surface area (Å²) in [4.78, 5) is 2.62. The van der Waals surface area contributed by atoms with Crippen LogP contribution in [0.2, 0.25) is 0 Å². The molecule has 3 nitrogen and oxygen atoms in total. The van der Waals surface area contributed by atoms with Crippen molar-refractivity contribution < 1.29 is 4.74 Å². The maximum atomic E-state index is 6.23. The van der Waals surface area contributed by atoms with E-state index in [-0.39, 0.29) is 5.54 Å².